The zero-order valence-electron chi connectivity index (χ0n) is 20.5. The van der Waals surface area contributed by atoms with Crippen molar-refractivity contribution in [3.63, 3.8) is 0 Å². The van der Waals surface area contributed by atoms with Crippen LogP contribution >= 0.6 is 11.6 Å². The number of anilines is 1. The molecule has 0 saturated heterocycles. The summed E-state index contributed by atoms with van der Waals surface area (Å²) in [4.78, 5) is 26.3. The molecule has 1 N–H and O–H groups in total. The molecule has 0 aromatic heterocycles. The number of halogens is 1. The van der Waals surface area contributed by atoms with Crippen molar-refractivity contribution >= 4 is 29.0 Å². The summed E-state index contributed by atoms with van der Waals surface area (Å²) >= 11 is 6.17. The van der Waals surface area contributed by atoms with E-state index in [0.29, 0.717) is 51.1 Å². The molecule has 37 heavy (non-hydrogen) atoms. The molecule has 1 amide bonds. The second kappa shape index (κ2) is 12.1. The summed E-state index contributed by atoms with van der Waals surface area (Å²) in [6.07, 6.45) is 0. The van der Waals surface area contributed by atoms with Gasteiger partial charge in [0, 0.05) is 27.3 Å². The van der Waals surface area contributed by atoms with Crippen LogP contribution in [0.5, 0.6) is 17.2 Å². The third-order valence-electron chi connectivity index (χ3n) is 5.59. The maximum absolute atomic E-state index is 13.2. The smallest absolute Gasteiger partial charge is 0.255 e. The molecule has 4 rings (SSSR count). The molecule has 0 radical (unpaired) electrons. The minimum absolute atomic E-state index is 0.196. The number of methoxy groups -OCH3 is 1. The molecule has 0 bridgehead atoms. The van der Waals surface area contributed by atoms with E-state index in [4.69, 9.17) is 25.8 Å². The highest BCUT2D eigenvalue weighted by Crippen LogP contribution is 2.27. The lowest BCUT2D eigenvalue weighted by Gasteiger charge is -2.15. The van der Waals surface area contributed by atoms with Crippen LogP contribution < -0.4 is 19.5 Å². The normalized spacial score (nSPS) is 10.5. The molecule has 0 spiro atoms. The molecule has 0 fully saturated rings. The predicted molar refractivity (Wildman–Crippen MR) is 144 cm³/mol. The number of benzene rings is 4. The Morgan fingerprint density at radius 2 is 1.54 bits per heavy atom. The number of amides is 1. The van der Waals surface area contributed by atoms with E-state index in [-0.39, 0.29) is 18.3 Å². The fraction of sp³-hybridized carbons (Fsp3) is 0.133. The third kappa shape index (κ3) is 6.48. The fourth-order valence-electron chi connectivity index (χ4n) is 3.72. The number of rotatable bonds is 10. The number of ether oxygens (including phenoxy) is 3. The molecule has 4 aromatic rings. The number of ketones is 1. The van der Waals surface area contributed by atoms with Crippen LogP contribution in [0.1, 0.15) is 38.8 Å². The minimum Gasteiger partial charge on any atom is -0.497 e. The third-order valence-corrected chi connectivity index (χ3v) is 5.82. The molecule has 7 heteroatoms. The molecule has 0 atom stereocenters. The summed E-state index contributed by atoms with van der Waals surface area (Å²) in [6.45, 7) is 2.55. The maximum Gasteiger partial charge on any atom is 0.255 e. The number of nitrogens with one attached hydrogen (secondary N) is 1. The molecular weight excluding hydrogens is 490 g/mol. The van der Waals surface area contributed by atoms with Crippen LogP contribution in [0, 0.1) is 0 Å². The van der Waals surface area contributed by atoms with Crippen molar-refractivity contribution < 1.29 is 23.8 Å². The zero-order chi connectivity index (χ0) is 26.2. The van der Waals surface area contributed by atoms with Gasteiger partial charge in [-0.1, -0.05) is 41.9 Å². The van der Waals surface area contributed by atoms with E-state index >= 15 is 0 Å². The Kier molecular flexibility index (Phi) is 8.44. The van der Waals surface area contributed by atoms with E-state index in [2.05, 4.69) is 5.32 Å². The van der Waals surface area contributed by atoms with Crippen molar-refractivity contribution in [3.8, 4) is 17.2 Å². The van der Waals surface area contributed by atoms with Crippen LogP contribution in [0.3, 0.4) is 0 Å². The Hall–Kier alpha value is -4.29. The molecule has 4 aromatic carbocycles. The fourth-order valence-corrected chi connectivity index (χ4v) is 3.89. The van der Waals surface area contributed by atoms with Gasteiger partial charge in [0.05, 0.1) is 19.4 Å². The van der Waals surface area contributed by atoms with Crippen molar-refractivity contribution in [1.29, 1.82) is 0 Å². The Balaban J connectivity index is 1.56. The molecule has 6 nitrogen and oxygen atoms in total. The van der Waals surface area contributed by atoms with Crippen LogP contribution in [-0.2, 0) is 6.61 Å². The molecule has 188 valence electrons. The number of carbonyl (C=O) groups excluding carboxylic acids is 2. The highest BCUT2D eigenvalue weighted by molar-refractivity contribution is 6.31. The summed E-state index contributed by atoms with van der Waals surface area (Å²) in [7, 11) is 1.60. The summed E-state index contributed by atoms with van der Waals surface area (Å²) in [5.41, 5.74) is 2.28. The van der Waals surface area contributed by atoms with Crippen LogP contribution in [0.15, 0.2) is 91.0 Å². The SMILES string of the molecule is CCOc1ccc(C(=O)Nc2ccc(Cl)cc2C(=O)c2ccccc2)cc1COc1ccc(OC)cc1. The summed E-state index contributed by atoms with van der Waals surface area (Å²) < 4.78 is 16.8. The van der Waals surface area contributed by atoms with E-state index in [9.17, 15) is 9.59 Å². The molecule has 0 aliphatic carbocycles. The first-order valence-electron chi connectivity index (χ1n) is 11.7. The first-order chi connectivity index (χ1) is 18.0. The molecule has 0 heterocycles. The lowest BCUT2D eigenvalue weighted by Crippen LogP contribution is -2.16. The van der Waals surface area contributed by atoms with E-state index in [1.165, 1.54) is 0 Å². The van der Waals surface area contributed by atoms with Gasteiger partial charge in [-0.3, -0.25) is 9.59 Å². The summed E-state index contributed by atoms with van der Waals surface area (Å²) in [5.74, 6) is 1.40. The van der Waals surface area contributed by atoms with Gasteiger partial charge in [-0.2, -0.15) is 0 Å². The van der Waals surface area contributed by atoms with Crippen molar-refractivity contribution in [2.24, 2.45) is 0 Å². The monoisotopic (exact) mass is 515 g/mol. The average Bonchev–Trinajstić information content (AvgIpc) is 2.94. The zero-order valence-corrected chi connectivity index (χ0v) is 21.2. The van der Waals surface area contributed by atoms with Gasteiger partial charge in [-0.25, -0.2) is 0 Å². The highest BCUT2D eigenvalue weighted by Gasteiger charge is 2.18. The van der Waals surface area contributed by atoms with Gasteiger partial charge < -0.3 is 19.5 Å². The summed E-state index contributed by atoms with van der Waals surface area (Å²) in [5, 5.41) is 3.26. The van der Waals surface area contributed by atoms with Gasteiger partial charge in [-0.15, -0.1) is 0 Å². The van der Waals surface area contributed by atoms with E-state index in [1.807, 2.05) is 37.3 Å². The van der Waals surface area contributed by atoms with Gasteiger partial charge in [0.2, 0.25) is 0 Å². The second-order valence-corrected chi connectivity index (χ2v) is 8.50. The molecular formula is C30H26ClNO5. The van der Waals surface area contributed by atoms with Crippen LogP contribution in [0.2, 0.25) is 5.02 Å². The van der Waals surface area contributed by atoms with Gasteiger partial charge in [0.25, 0.3) is 5.91 Å². The summed E-state index contributed by atoms with van der Waals surface area (Å²) in [6, 6.07) is 26.0. The van der Waals surface area contributed by atoms with Crippen LogP contribution in [0.4, 0.5) is 5.69 Å². The first-order valence-corrected chi connectivity index (χ1v) is 12.1. The lowest BCUT2D eigenvalue weighted by molar-refractivity contribution is 0.102. The number of carbonyl (C=O) groups is 2. The van der Waals surface area contributed by atoms with Crippen LogP contribution in [-0.4, -0.2) is 25.4 Å². The van der Waals surface area contributed by atoms with Gasteiger partial charge in [0.15, 0.2) is 5.78 Å². The van der Waals surface area contributed by atoms with Crippen molar-refractivity contribution in [3.05, 3.63) is 118 Å². The molecule has 0 aliphatic rings. The lowest BCUT2D eigenvalue weighted by atomic mass is 10.0. The molecule has 0 unspecified atom stereocenters. The second-order valence-electron chi connectivity index (χ2n) is 8.06. The van der Waals surface area contributed by atoms with Crippen LogP contribution in [0.25, 0.3) is 0 Å². The number of hydrogen-bond donors (Lipinski definition) is 1. The van der Waals surface area contributed by atoms with E-state index in [0.717, 1.165) is 5.75 Å². The molecule has 0 aliphatic heterocycles. The quantitative estimate of drug-likeness (QED) is 0.235. The van der Waals surface area contributed by atoms with Crippen molar-refractivity contribution in [2.75, 3.05) is 19.0 Å². The van der Waals surface area contributed by atoms with Gasteiger partial charge >= 0.3 is 0 Å². The largest absolute Gasteiger partial charge is 0.497 e. The average molecular weight is 516 g/mol. The standard InChI is InChI=1S/C30H26ClNO5/c1-3-36-28-16-9-21(17-22(28)19-37-25-13-11-24(35-2)12-14-25)30(34)32-27-15-10-23(31)18-26(27)29(33)20-7-5-4-6-8-20/h4-18H,3,19H2,1-2H3,(H,32,34). The Bertz CT molecular complexity index is 1390. The minimum atomic E-state index is -0.377. The van der Waals surface area contributed by atoms with Gasteiger partial charge in [-0.05, 0) is 67.6 Å². The molecule has 0 saturated carbocycles. The van der Waals surface area contributed by atoms with E-state index in [1.54, 1.807) is 67.8 Å². The Morgan fingerprint density at radius 3 is 2.24 bits per heavy atom. The Labute approximate surface area is 220 Å². The number of hydrogen-bond acceptors (Lipinski definition) is 5. The maximum atomic E-state index is 13.2. The van der Waals surface area contributed by atoms with Crippen molar-refractivity contribution in [2.45, 2.75) is 13.5 Å². The van der Waals surface area contributed by atoms with Crippen molar-refractivity contribution in [1.82, 2.24) is 0 Å². The Morgan fingerprint density at radius 1 is 0.811 bits per heavy atom. The topological polar surface area (TPSA) is 73.9 Å². The van der Waals surface area contributed by atoms with Gasteiger partial charge in [0.1, 0.15) is 23.9 Å². The van der Waals surface area contributed by atoms with E-state index < -0.39 is 0 Å². The predicted octanol–water partition coefficient (Wildman–Crippen LogP) is 6.81. The first kappa shape index (κ1) is 25.8. The highest BCUT2D eigenvalue weighted by atomic mass is 35.5.